The van der Waals surface area contributed by atoms with Crippen molar-refractivity contribution in [2.24, 2.45) is 5.11 Å². The predicted octanol–water partition coefficient (Wildman–Crippen LogP) is 2.08. The van der Waals surface area contributed by atoms with Crippen molar-refractivity contribution >= 4 is 41.4 Å². The molecule has 16 heteroatoms. The van der Waals surface area contributed by atoms with Crippen molar-refractivity contribution < 1.29 is 44.1 Å². The van der Waals surface area contributed by atoms with Crippen LogP contribution >= 0.6 is 0 Å². The Hall–Kier alpha value is -4.85. The zero-order chi connectivity index (χ0) is 30.2. The molecule has 0 saturated carbocycles. The molecule has 16 nitrogen and oxygen atoms in total. The average molecular weight is 564 g/mol. The van der Waals surface area contributed by atoms with Crippen LogP contribution in [0.15, 0.2) is 23.3 Å². The number of carboxylic acids is 3. The van der Waals surface area contributed by atoms with Gasteiger partial charge in [-0.15, -0.1) is 0 Å². The van der Waals surface area contributed by atoms with Gasteiger partial charge >= 0.3 is 23.9 Å². The van der Waals surface area contributed by atoms with Crippen molar-refractivity contribution in [1.82, 2.24) is 20.9 Å². The fraction of sp³-hybridized carbons (Fsp3) is 0.500. The maximum Gasteiger partial charge on any atom is 0.326 e. The second-order valence-corrected chi connectivity index (χ2v) is 8.52. The van der Waals surface area contributed by atoms with E-state index in [2.05, 4.69) is 20.7 Å². The van der Waals surface area contributed by atoms with Crippen molar-refractivity contribution in [2.75, 3.05) is 19.6 Å². The lowest BCUT2D eigenvalue weighted by atomic mass is 10.1. The summed E-state index contributed by atoms with van der Waals surface area (Å²) in [6.45, 7) is 4.62. The number of hydrogen-bond donors (Lipinski definition) is 6. The lowest BCUT2D eigenvalue weighted by Crippen LogP contribution is -2.51. The van der Waals surface area contributed by atoms with Crippen LogP contribution in [0.2, 0.25) is 0 Å². The van der Waals surface area contributed by atoms with E-state index in [0.717, 1.165) is 0 Å². The molecule has 6 N–H and O–H groups in total. The number of nitrogens with zero attached hydrogens (tertiary/aromatic N) is 4. The molecule has 0 unspecified atom stereocenters. The molecular weight excluding hydrogens is 530 g/mol. The number of azide groups is 1. The summed E-state index contributed by atoms with van der Waals surface area (Å²) in [5.74, 6) is -4.95. The first-order chi connectivity index (χ1) is 18.9. The molecule has 0 aliphatic carbocycles. The van der Waals surface area contributed by atoms with Gasteiger partial charge in [0.1, 0.15) is 12.1 Å². The molecular formula is C24H33N7O9. The van der Waals surface area contributed by atoms with E-state index in [9.17, 15) is 33.9 Å². The van der Waals surface area contributed by atoms with Crippen molar-refractivity contribution in [1.29, 1.82) is 0 Å². The first kappa shape index (κ1) is 33.2. The number of unbranched alkanes of at least 4 members (excludes halogenated alkanes) is 1. The van der Waals surface area contributed by atoms with Gasteiger partial charge in [0.2, 0.25) is 0 Å². The van der Waals surface area contributed by atoms with Crippen molar-refractivity contribution in [3.63, 3.8) is 0 Å². The summed E-state index contributed by atoms with van der Waals surface area (Å²) in [5.41, 5.74) is 9.14. The molecule has 40 heavy (non-hydrogen) atoms. The summed E-state index contributed by atoms with van der Waals surface area (Å²) in [6, 6.07) is 0.152. The number of rotatable bonds is 17. The second kappa shape index (κ2) is 16.9. The van der Waals surface area contributed by atoms with Gasteiger partial charge in [-0.05, 0) is 63.3 Å². The molecule has 218 valence electrons. The molecule has 0 fully saturated rings. The number of nitrogens with one attached hydrogen (secondary N) is 3. The fourth-order valence-electron chi connectivity index (χ4n) is 3.59. The van der Waals surface area contributed by atoms with Crippen molar-refractivity contribution in [3.05, 3.63) is 39.8 Å². The van der Waals surface area contributed by atoms with Crippen molar-refractivity contribution in [3.8, 4) is 0 Å². The summed E-state index contributed by atoms with van der Waals surface area (Å²) < 4.78 is 0. The van der Waals surface area contributed by atoms with Gasteiger partial charge in [0.05, 0.1) is 0 Å². The maximum absolute atomic E-state index is 12.7. The Balaban J connectivity index is 2.70. The van der Waals surface area contributed by atoms with Crippen LogP contribution in [-0.2, 0) is 14.4 Å². The molecule has 0 bridgehead atoms. The third kappa shape index (κ3) is 11.3. The number of amides is 4. The molecule has 1 aromatic carbocycles. The van der Waals surface area contributed by atoms with Gasteiger partial charge in [0.15, 0.2) is 0 Å². The van der Waals surface area contributed by atoms with E-state index in [1.165, 1.54) is 18.2 Å². The number of carboxylic acid groups (broad SMARTS) is 3. The third-order valence-corrected chi connectivity index (χ3v) is 5.70. The van der Waals surface area contributed by atoms with Gasteiger partial charge < -0.3 is 36.2 Å². The molecule has 0 aromatic heterocycles. The van der Waals surface area contributed by atoms with Crippen LogP contribution in [0.25, 0.3) is 10.4 Å². The zero-order valence-corrected chi connectivity index (χ0v) is 22.1. The second-order valence-electron chi connectivity index (χ2n) is 8.52. The molecule has 0 radical (unpaired) electrons. The minimum absolute atomic E-state index is 0.0413. The largest absolute Gasteiger partial charge is 0.481 e. The van der Waals surface area contributed by atoms with Crippen LogP contribution < -0.4 is 16.0 Å². The van der Waals surface area contributed by atoms with Gasteiger partial charge in [-0.25, -0.2) is 14.4 Å². The fourth-order valence-corrected chi connectivity index (χ4v) is 3.59. The molecule has 1 rings (SSSR count). The summed E-state index contributed by atoms with van der Waals surface area (Å²) in [6.07, 6.45) is -0.360. The third-order valence-electron chi connectivity index (χ3n) is 5.70. The van der Waals surface area contributed by atoms with E-state index in [4.69, 9.17) is 15.7 Å². The smallest absolute Gasteiger partial charge is 0.326 e. The highest BCUT2D eigenvalue weighted by Crippen LogP contribution is 2.20. The van der Waals surface area contributed by atoms with E-state index in [0.29, 0.717) is 19.5 Å². The number of carbonyl (C=O) groups excluding carboxylic acids is 3. The first-order valence-electron chi connectivity index (χ1n) is 12.4. The van der Waals surface area contributed by atoms with Gasteiger partial charge in [-0.2, -0.15) is 0 Å². The van der Waals surface area contributed by atoms with E-state index in [-0.39, 0.29) is 48.5 Å². The van der Waals surface area contributed by atoms with Gasteiger partial charge in [-0.1, -0.05) is 5.11 Å². The highest BCUT2D eigenvalue weighted by Gasteiger charge is 2.25. The molecule has 0 aliphatic heterocycles. The highest BCUT2D eigenvalue weighted by atomic mass is 16.4. The normalized spacial score (nSPS) is 11.8. The minimum Gasteiger partial charge on any atom is -0.481 e. The van der Waals surface area contributed by atoms with E-state index in [1.54, 1.807) is 18.7 Å². The topological polar surface area (TPSA) is 251 Å². The number of carbonyl (C=O) groups is 6. The highest BCUT2D eigenvalue weighted by molar-refractivity contribution is 6.01. The van der Waals surface area contributed by atoms with Crippen LogP contribution in [0.5, 0.6) is 0 Å². The Labute approximate surface area is 229 Å². The Bertz CT molecular complexity index is 1150. The van der Waals surface area contributed by atoms with Gasteiger partial charge in [0, 0.05) is 47.8 Å². The maximum atomic E-state index is 12.7. The van der Waals surface area contributed by atoms with Crippen LogP contribution in [0, 0.1) is 0 Å². The van der Waals surface area contributed by atoms with E-state index < -0.39 is 48.4 Å². The number of urea groups is 1. The monoisotopic (exact) mass is 563 g/mol. The Morgan fingerprint density at radius 2 is 1.48 bits per heavy atom. The quantitative estimate of drug-likeness (QED) is 0.0701. The predicted molar refractivity (Wildman–Crippen MR) is 140 cm³/mol. The lowest BCUT2D eigenvalue weighted by molar-refractivity contribution is -0.140. The SMILES string of the molecule is CCN(CC)C(=O)c1cc(N=[N+]=[N-])cc(C(=O)NCCCC[C@H](NC(=O)N[C@@H](CCC(=O)O)C(=O)O)C(=O)O)c1. The van der Waals surface area contributed by atoms with E-state index >= 15 is 0 Å². The Kier molecular flexibility index (Phi) is 14.0. The molecule has 0 heterocycles. The molecule has 1 aromatic rings. The average Bonchev–Trinajstić information content (AvgIpc) is 2.90. The standard InChI is InChI=1S/C24H33N7O9/c1-3-31(4-2)21(35)15-11-14(12-16(13-15)29-30-25)20(34)26-10-6-5-7-17(22(36)37)27-24(40)28-18(23(38)39)8-9-19(32)33/h11-13,17-18H,3-10H2,1-2H3,(H,26,34)(H,32,33)(H,36,37)(H,38,39)(H2,27,28,40)/t17-,18-/m0/s1. The van der Waals surface area contributed by atoms with E-state index in [1.807, 2.05) is 5.32 Å². The van der Waals surface area contributed by atoms with Crippen LogP contribution in [0.3, 0.4) is 0 Å². The summed E-state index contributed by atoms with van der Waals surface area (Å²) >= 11 is 0. The Morgan fingerprint density at radius 3 is 2.00 bits per heavy atom. The van der Waals surface area contributed by atoms with Gasteiger partial charge in [-0.3, -0.25) is 14.4 Å². The number of aliphatic carboxylic acids is 3. The molecule has 4 amide bonds. The number of hydrogen-bond acceptors (Lipinski definition) is 7. The zero-order valence-electron chi connectivity index (χ0n) is 22.1. The number of benzene rings is 1. The molecule has 0 spiro atoms. The lowest BCUT2D eigenvalue weighted by Gasteiger charge is -2.19. The van der Waals surface area contributed by atoms with Crippen LogP contribution in [0.1, 0.15) is 66.7 Å². The van der Waals surface area contributed by atoms with Gasteiger partial charge in [0.25, 0.3) is 11.8 Å². The first-order valence-corrected chi connectivity index (χ1v) is 12.4. The van der Waals surface area contributed by atoms with Crippen LogP contribution in [-0.4, -0.2) is 87.7 Å². The molecule has 0 aliphatic rings. The van der Waals surface area contributed by atoms with Crippen molar-refractivity contribution in [2.45, 2.75) is 58.0 Å². The van der Waals surface area contributed by atoms with Crippen LogP contribution in [0.4, 0.5) is 10.5 Å². The minimum atomic E-state index is -1.51. The molecule has 0 saturated heterocycles. The summed E-state index contributed by atoms with van der Waals surface area (Å²) in [5, 5.41) is 37.5. The Morgan fingerprint density at radius 1 is 0.900 bits per heavy atom. The molecule has 2 atom stereocenters. The summed E-state index contributed by atoms with van der Waals surface area (Å²) in [7, 11) is 0. The summed E-state index contributed by atoms with van der Waals surface area (Å²) in [4.78, 5) is 75.1.